The van der Waals surface area contributed by atoms with Crippen LogP contribution in [0.15, 0.2) is 124 Å². The molecule has 32 heavy (non-hydrogen) atoms. The van der Waals surface area contributed by atoms with Crippen LogP contribution in [0, 0.1) is 0 Å². The van der Waals surface area contributed by atoms with Gasteiger partial charge >= 0.3 is 5.97 Å². The van der Waals surface area contributed by atoms with Crippen molar-refractivity contribution in [2.45, 2.75) is 21.6 Å². The minimum atomic E-state index is -2.44. The fraction of sp³-hybridized carbons (Fsp3) is 0.0741. The largest absolute Gasteiger partial charge is 0.507 e. The van der Waals surface area contributed by atoms with E-state index in [1.165, 1.54) is 6.07 Å². The summed E-state index contributed by atoms with van der Waals surface area (Å²) in [7, 11) is -2.44. The van der Waals surface area contributed by atoms with E-state index in [9.17, 15) is 9.90 Å². The molecule has 4 aromatic rings. The number of carbonyl (C=O) groups is 1. The first kappa shape index (κ1) is 21.5. The smallest absolute Gasteiger partial charge is 0.353 e. The molecule has 0 saturated carbocycles. The Morgan fingerprint density at radius 1 is 0.719 bits per heavy atom. The van der Waals surface area contributed by atoms with Gasteiger partial charge in [0, 0.05) is 14.7 Å². The van der Waals surface area contributed by atoms with E-state index in [4.69, 9.17) is 8.92 Å². The topological polar surface area (TPSA) is 55.8 Å². The molecular weight excluding hydrogens is 420 g/mol. The fourth-order valence-corrected chi connectivity index (χ4v) is 6.50. The third-order valence-corrected chi connectivity index (χ3v) is 8.15. The van der Waals surface area contributed by atoms with Crippen molar-refractivity contribution in [1.29, 1.82) is 0 Å². The van der Waals surface area contributed by atoms with E-state index in [1.807, 2.05) is 91.9 Å². The number of aromatic hydroxyl groups is 1. The molecule has 0 aliphatic carbocycles. The van der Waals surface area contributed by atoms with Crippen molar-refractivity contribution in [3.8, 4) is 11.5 Å². The van der Waals surface area contributed by atoms with E-state index >= 15 is 0 Å². The molecule has 1 N–H and O–H groups in total. The quantitative estimate of drug-likeness (QED) is 0.339. The Bertz CT molecular complexity index is 1140. The lowest BCUT2D eigenvalue weighted by molar-refractivity contribution is 0.0754. The zero-order valence-corrected chi connectivity index (χ0v) is 18.5. The van der Waals surface area contributed by atoms with Crippen LogP contribution in [0.1, 0.15) is 17.3 Å². The van der Waals surface area contributed by atoms with Gasteiger partial charge in [0.2, 0.25) is 0 Å². The summed E-state index contributed by atoms with van der Waals surface area (Å²) in [6.45, 7) is 2.50. The van der Waals surface area contributed by atoms with Gasteiger partial charge in [-0.2, -0.15) is 0 Å². The van der Waals surface area contributed by atoms with Crippen LogP contribution in [-0.2, 0) is 4.18 Å². The predicted octanol–water partition coefficient (Wildman–Crippen LogP) is 6.84. The lowest BCUT2D eigenvalue weighted by Crippen LogP contribution is -2.14. The zero-order valence-electron chi connectivity index (χ0n) is 17.7. The first-order valence-corrected chi connectivity index (χ1v) is 11.9. The van der Waals surface area contributed by atoms with Gasteiger partial charge in [-0.05, 0) is 77.9 Å². The highest BCUT2D eigenvalue weighted by Gasteiger charge is 2.36. The standard InChI is InChI=1S/C27H24O4S/c1-2-30-21-17-19-24(20-18-21)32(22-11-5-3-6-12-22,23-13-7-4-8-14-23)31-27(29)25-15-9-10-16-26(25)28/h3-20,28H,2H2,1H3. The second kappa shape index (κ2) is 9.62. The Kier molecular flexibility index (Phi) is 6.47. The van der Waals surface area contributed by atoms with E-state index < -0.39 is 16.3 Å². The molecular formula is C27H24O4S. The van der Waals surface area contributed by atoms with E-state index in [-0.39, 0.29) is 11.3 Å². The molecule has 0 aliphatic rings. The van der Waals surface area contributed by atoms with Crippen molar-refractivity contribution in [3.63, 3.8) is 0 Å². The van der Waals surface area contributed by atoms with Gasteiger partial charge in [-0.1, -0.05) is 48.5 Å². The van der Waals surface area contributed by atoms with Crippen molar-refractivity contribution in [3.05, 3.63) is 115 Å². The highest BCUT2D eigenvalue weighted by molar-refractivity contribution is 8.30. The zero-order chi connectivity index (χ0) is 22.4. The second-order valence-corrected chi connectivity index (χ2v) is 9.67. The molecule has 5 heteroatoms. The SMILES string of the molecule is CCOc1ccc(S(OC(=O)c2ccccc2O)(c2ccccc2)c2ccccc2)cc1. The van der Waals surface area contributed by atoms with Gasteiger partial charge in [-0.15, -0.1) is 0 Å². The predicted molar refractivity (Wildman–Crippen MR) is 126 cm³/mol. The lowest BCUT2D eigenvalue weighted by atomic mass is 10.2. The summed E-state index contributed by atoms with van der Waals surface area (Å²) in [5.41, 5.74) is 0.127. The first-order chi connectivity index (χ1) is 15.6. The molecule has 0 heterocycles. The molecule has 4 nitrogen and oxygen atoms in total. The number of para-hydroxylation sites is 1. The molecule has 4 rings (SSSR count). The number of ether oxygens (including phenoxy) is 1. The fourth-order valence-electron chi connectivity index (χ4n) is 3.48. The van der Waals surface area contributed by atoms with Crippen LogP contribution in [0.25, 0.3) is 0 Å². The number of carbonyl (C=O) groups excluding carboxylic acids is 1. The highest BCUT2D eigenvalue weighted by atomic mass is 32.3. The Morgan fingerprint density at radius 3 is 1.75 bits per heavy atom. The molecule has 0 fully saturated rings. The average Bonchev–Trinajstić information content (AvgIpc) is 2.84. The number of phenolic OH excluding ortho intramolecular Hbond substituents is 1. The van der Waals surface area contributed by atoms with Gasteiger partial charge in [0.05, 0.1) is 6.61 Å². The third-order valence-electron chi connectivity index (χ3n) is 4.94. The Hall–Kier alpha value is -3.70. The Labute approximate surface area is 189 Å². The van der Waals surface area contributed by atoms with Crippen LogP contribution >= 0.6 is 10.3 Å². The van der Waals surface area contributed by atoms with Crippen LogP contribution < -0.4 is 4.74 Å². The molecule has 4 aromatic carbocycles. The molecule has 0 unspecified atom stereocenters. The third kappa shape index (κ3) is 4.20. The Morgan fingerprint density at radius 2 is 1.22 bits per heavy atom. The molecule has 0 spiro atoms. The average molecular weight is 445 g/mol. The van der Waals surface area contributed by atoms with Crippen LogP contribution in [0.4, 0.5) is 0 Å². The van der Waals surface area contributed by atoms with Gasteiger partial charge in [0.1, 0.15) is 17.1 Å². The summed E-state index contributed by atoms with van der Waals surface area (Å²) < 4.78 is 12.0. The summed E-state index contributed by atoms with van der Waals surface area (Å²) in [4.78, 5) is 16.0. The normalized spacial score (nSPS) is 11.5. The first-order valence-electron chi connectivity index (χ1n) is 10.3. The molecule has 0 atom stereocenters. The Balaban J connectivity index is 1.93. The van der Waals surface area contributed by atoms with E-state index in [0.717, 1.165) is 20.4 Å². The minimum Gasteiger partial charge on any atom is -0.507 e. The number of hydrogen-bond acceptors (Lipinski definition) is 4. The maximum atomic E-state index is 13.4. The van der Waals surface area contributed by atoms with Crippen LogP contribution in [0.5, 0.6) is 11.5 Å². The lowest BCUT2D eigenvalue weighted by Gasteiger charge is -2.39. The molecule has 0 aromatic heterocycles. The van der Waals surface area contributed by atoms with Crippen LogP contribution in [0.2, 0.25) is 0 Å². The van der Waals surface area contributed by atoms with Crippen molar-refractivity contribution in [2.75, 3.05) is 6.61 Å². The minimum absolute atomic E-state index is 0.112. The summed E-state index contributed by atoms with van der Waals surface area (Å²) in [5, 5.41) is 10.3. The molecule has 0 amide bonds. The van der Waals surface area contributed by atoms with Crippen molar-refractivity contribution >= 4 is 16.3 Å². The van der Waals surface area contributed by atoms with Crippen LogP contribution in [-0.4, -0.2) is 17.7 Å². The molecule has 0 aliphatic heterocycles. The van der Waals surface area contributed by atoms with Gasteiger partial charge in [-0.25, -0.2) is 4.79 Å². The van der Waals surface area contributed by atoms with E-state index in [2.05, 4.69) is 0 Å². The highest BCUT2D eigenvalue weighted by Crippen LogP contribution is 2.69. The van der Waals surface area contributed by atoms with Crippen molar-refractivity contribution < 1.29 is 18.8 Å². The monoisotopic (exact) mass is 444 g/mol. The van der Waals surface area contributed by atoms with Gasteiger partial charge in [0.15, 0.2) is 0 Å². The van der Waals surface area contributed by atoms with Gasteiger partial charge in [-0.3, -0.25) is 0 Å². The summed E-state index contributed by atoms with van der Waals surface area (Å²) in [6, 6.07) is 33.6. The summed E-state index contributed by atoms with van der Waals surface area (Å²) in [6.07, 6.45) is 0. The molecule has 162 valence electrons. The summed E-state index contributed by atoms with van der Waals surface area (Å²) in [5.74, 6) is 0.0519. The summed E-state index contributed by atoms with van der Waals surface area (Å²) >= 11 is 0. The van der Waals surface area contributed by atoms with Gasteiger partial charge in [0.25, 0.3) is 0 Å². The molecule has 0 saturated heterocycles. The number of rotatable bonds is 7. The van der Waals surface area contributed by atoms with Crippen LogP contribution in [0.3, 0.4) is 0 Å². The second-order valence-electron chi connectivity index (χ2n) is 6.97. The maximum absolute atomic E-state index is 13.4. The number of phenols is 1. The van der Waals surface area contributed by atoms with Crippen molar-refractivity contribution in [1.82, 2.24) is 0 Å². The van der Waals surface area contributed by atoms with Crippen molar-refractivity contribution in [2.24, 2.45) is 0 Å². The molecule has 0 bridgehead atoms. The molecule has 0 radical (unpaired) electrons. The van der Waals surface area contributed by atoms with E-state index in [0.29, 0.717) is 6.61 Å². The number of benzene rings is 4. The maximum Gasteiger partial charge on any atom is 0.353 e. The van der Waals surface area contributed by atoms with Gasteiger partial charge < -0.3 is 14.0 Å². The van der Waals surface area contributed by atoms with E-state index in [1.54, 1.807) is 18.2 Å². The number of hydrogen-bond donors (Lipinski definition) is 1.